The van der Waals surface area contributed by atoms with Crippen molar-refractivity contribution in [3.63, 3.8) is 0 Å². The summed E-state index contributed by atoms with van der Waals surface area (Å²) in [7, 11) is 0. The average molecular weight is 318 g/mol. The Labute approximate surface area is 122 Å². The molecule has 0 saturated heterocycles. The maximum absolute atomic E-state index is 12.9. The van der Waals surface area contributed by atoms with Gasteiger partial charge >= 0.3 is 11.3 Å². The predicted octanol–water partition coefficient (Wildman–Crippen LogP) is 2.60. The summed E-state index contributed by atoms with van der Waals surface area (Å²) in [5.74, 6) is 0.00363. The van der Waals surface area contributed by atoms with Gasteiger partial charge in [-0.25, -0.2) is 4.98 Å². The van der Waals surface area contributed by atoms with Crippen LogP contribution in [0.1, 0.15) is 19.5 Å². The highest BCUT2D eigenvalue weighted by molar-refractivity contribution is 7.90. The van der Waals surface area contributed by atoms with E-state index in [1.807, 2.05) is 0 Å². The first-order valence-electron chi connectivity index (χ1n) is 6.03. The van der Waals surface area contributed by atoms with E-state index >= 15 is 0 Å². The summed E-state index contributed by atoms with van der Waals surface area (Å²) in [6, 6.07) is 0.748. The lowest BCUT2D eigenvalue weighted by molar-refractivity contribution is -0.141. The minimum Gasteiger partial charge on any atom is -0.609 e. The number of nitrogens with zero attached hydrogens (tertiary/aromatic N) is 3. The highest BCUT2D eigenvalue weighted by Gasteiger charge is 2.34. The highest BCUT2D eigenvalue weighted by Crippen LogP contribution is 2.32. The zero-order valence-corrected chi connectivity index (χ0v) is 12.3. The molecule has 2 rings (SSSR count). The standard InChI is InChI=1S/C12H13F3N4OS/c1-6(2)17-10-9-7(4-8(18-10)12(13,14)15)5-16-11(19-9)21(3)20/h4-6H,1-3H3,(H,17,18). The van der Waals surface area contributed by atoms with Crippen LogP contribution >= 0.6 is 0 Å². The van der Waals surface area contributed by atoms with Crippen LogP contribution < -0.4 is 5.32 Å². The molecule has 1 N–H and O–H groups in total. The molecule has 5 nitrogen and oxygen atoms in total. The van der Waals surface area contributed by atoms with E-state index in [2.05, 4.69) is 20.3 Å². The molecule has 0 aliphatic carbocycles. The second kappa shape index (κ2) is 5.64. The van der Waals surface area contributed by atoms with Crippen LogP contribution in [0.5, 0.6) is 0 Å². The maximum atomic E-state index is 12.9. The molecule has 0 spiro atoms. The third-order valence-corrected chi connectivity index (χ3v) is 3.23. The quantitative estimate of drug-likeness (QED) is 0.695. The molecule has 0 aliphatic heterocycles. The molecule has 0 aromatic carbocycles. The van der Waals surface area contributed by atoms with Gasteiger partial charge in [0.05, 0.1) is 0 Å². The molecular formula is C12H13F3N4OS. The second-order valence-electron chi connectivity index (χ2n) is 4.70. The Kier molecular flexibility index (Phi) is 4.24. The van der Waals surface area contributed by atoms with Crippen LogP contribution in [0.3, 0.4) is 0 Å². The van der Waals surface area contributed by atoms with Crippen LogP contribution in [0.25, 0.3) is 10.9 Å². The van der Waals surface area contributed by atoms with Crippen molar-refractivity contribution in [1.82, 2.24) is 15.0 Å². The zero-order valence-electron chi connectivity index (χ0n) is 11.5. The molecule has 2 heterocycles. The van der Waals surface area contributed by atoms with Gasteiger partial charge in [0.2, 0.25) is 0 Å². The lowest BCUT2D eigenvalue weighted by atomic mass is 10.2. The van der Waals surface area contributed by atoms with Crippen molar-refractivity contribution in [3.8, 4) is 0 Å². The molecule has 1 unspecified atom stereocenters. The van der Waals surface area contributed by atoms with Crippen LogP contribution in [0.4, 0.5) is 19.0 Å². The van der Waals surface area contributed by atoms with Crippen molar-refractivity contribution in [3.05, 3.63) is 18.0 Å². The molecule has 0 aliphatic rings. The number of hydrogen-bond donors (Lipinski definition) is 1. The van der Waals surface area contributed by atoms with Crippen molar-refractivity contribution < 1.29 is 17.7 Å². The number of hydrogen-bond acceptors (Lipinski definition) is 5. The Bertz CT molecular complexity index is 661. The van der Waals surface area contributed by atoms with E-state index in [0.29, 0.717) is 0 Å². The normalized spacial score (nSPS) is 13.7. The van der Waals surface area contributed by atoms with Gasteiger partial charge in [0, 0.05) is 28.8 Å². The third-order valence-electron chi connectivity index (χ3n) is 2.52. The fourth-order valence-corrected chi connectivity index (χ4v) is 2.10. The van der Waals surface area contributed by atoms with Gasteiger partial charge < -0.3 is 9.87 Å². The van der Waals surface area contributed by atoms with E-state index < -0.39 is 23.0 Å². The molecule has 21 heavy (non-hydrogen) atoms. The number of pyridine rings is 1. The second-order valence-corrected chi connectivity index (χ2v) is 5.97. The highest BCUT2D eigenvalue weighted by atomic mass is 32.2. The van der Waals surface area contributed by atoms with E-state index in [1.165, 1.54) is 12.5 Å². The van der Waals surface area contributed by atoms with Crippen LogP contribution in [0.15, 0.2) is 17.4 Å². The van der Waals surface area contributed by atoms with Crippen LogP contribution in [0.2, 0.25) is 0 Å². The van der Waals surface area contributed by atoms with Gasteiger partial charge in [-0.2, -0.15) is 23.1 Å². The summed E-state index contributed by atoms with van der Waals surface area (Å²) in [5, 5.41) is 3.07. The molecule has 0 bridgehead atoms. The molecule has 0 saturated carbocycles. The van der Waals surface area contributed by atoms with E-state index in [9.17, 15) is 17.7 Å². The first-order valence-corrected chi connectivity index (χ1v) is 7.59. The molecule has 2 aromatic rings. The van der Waals surface area contributed by atoms with Crippen LogP contribution in [-0.4, -0.2) is 31.8 Å². The Balaban J connectivity index is 2.68. The van der Waals surface area contributed by atoms with Crippen molar-refractivity contribution >= 4 is 27.9 Å². The van der Waals surface area contributed by atoms with Crippen LogP contribution in [-0.2, 0) is 17.4 Å². The number of rotatable bonds is 3. The number of anilines is 1. The number of fused-ring (bicyclic) bond motifs is 1. The monoisotopic (exact) mass is 318 g/mol. The SMILES string of the molecule is CC(C)Nc1nc(C(F)(F)F)cc2cnc([S+](C)[O-])nc12. The molecule has 1 atom stereocenters. The molecule has 2 aromatic heterocycles. The Hall–Kier alpha value is -1.61. The van der Waals surface area contributed by atoms with Crippen molar-refractivity contribution in [2.24, 2.45) is 0 Å². The molecular weight excluding hydrogens is 305 g/mol. The van der Waals surface area contributed by atoms with Gasteiger partial charge in [-0.3, -0.25) is 0 Å². The summed E-state index contributed by atoms with van der Waals surface area (Å²) < 4.78 is 50.0. The lowest BCUT2D eigenvalue weighted by Gasteiger charge is -2.14. The van der Waals surface area contributed by atoms with Gasteiger partial charge in [-0.1, -0.05) is 0 Å². The molecule has 0 radical (unpaired) electrons. The summed E-state index contributed by atoms with van der Waals surface area (Å²) in [4.78, 5) is 11.5. The van der Waals surface area contributed by atoms with Crippen molar-refractivity contribution in [2.75, 3.05) is 11.6 Å². The van der Waals surface area contributed by atoms with E-state index in [4.69, 9.17) is 0 Å². The topological polar surface area (TPSA) is 73.8 Å². The third kappa shape index (κ3) is 3.53. The number of halogens is 3. The Morgan fingerprint density at radius 2 is 1.95 bits per heavy atom. The summed E-state index contributed by atoms with van der Waals surface area (Å²) >= 11 is -1.43. The van der Waals surface area contributed by atoms with Crippen LogP contribution in [0, 0.1) is 0 Å². The zero-order chi connectivity index (χ0) is 15.8. The summed E-state index contributed by atoms with van der Waals surface area (Å²) in [6.45, 7) is 3.54. The Morgan fingerprint density at radius 3 is 2.48 bits per heavy atom. The smallest absolute Gasteiger partial charge is 0.433 e. The average Bonchev–Trinajstić information content (AvgIpc) is 2.36. The first-order chi connectivity index (χ1) is 9.68. The van der Waals surface area contributed by atoms with Gasteiger partial charge in [0.1, 0.15) is 17.5 Å². The first kappa shape index (κ1) is 15.8. The van der Waals surface area contributed by atoms with E-state index in [0.717, 1.165) is 6.07 Å². The number of alkyl halides is 3. The molecule has 0 amide bonds. The van der Waals surface area contributed by atoms with Crippen molar-refractivity contribution in [2.45, 2.75) is 31.2 Å². The largest absolute Gasteiger partial charge is 0.609 e. The number of aromatic nitrogens is 3. The summed E-state index contributed by atoms with van der Waals surface area (Å²) in [5.41, 5.74) is -0.802. The van der Waals surface area contributed by atoms with Gasteiger partial charge in [0.25, 0.3) is 0 Å². The summed E-state index contributed by atoms with van der Waals surface area (Å²) in [6.07, 6.45) is -1.94. The number of nitrogens with one attached hydrogen (secondary N) is 1. The lowest BCUT2D eigenvalue weighted by Crippen LogP contribution is -2.16. The fraction of sp³-hybridized carbons (Fsp3) is 0.417. The molecule has 114 valence electrons. The minimum atomic E-state index is -4.56. The predicted molar refractivity (Wildman–Crippen MR) is 73.4 cm³/mol. The molecule has 0 fully saturated rings. The van der Waals surface area contributed by atoms with Gasteiger partial charge in [-0.15, -0.1) is 0 Å². The maximum Gasteiger partial charge on any atom is 0.433 e. The minimum absolute atomic E-state index is 0.00363. The Morgan fingerprint density at radius 1 is 1.29 bits per heavy atom. The fourth-order valence-electron chi connectivity index (χ4n) is 1.68. The van der Waals surface area contributed by atoms with Gasteiger partial charge in [0.15, 0.2) is 5.82 Å². The van der Waals surface area contributed by atoms with Crippen molar-refractivity contribution in [1.29, 1.82) is 0 Å². The van der Waals surface area contributed by atoms with E-state index in [-0.39, 0.29) is 27.9 Å². The van der Waals surface area contributed by atoms with E-state index in [1.54, 1.807) is 13.8 Å². The van der Waals surface area contributed by atoms with Gasteiger partial charge in [-0.05, 0) is 19.9 Å². The molecule has 9 heteroatoms.